The van der Waals surface area contributed by atoms with Crippen LogP contribution in [0.2, 0.25) is 0 Å². The fraction of sp³-hybridized carbons (Fsp3) is 0.864. The topological polar surface area (TPSA) is 157 Å². The number of nitrogens with one attached hydrogen (secondary N) is 4. The zero-order chi connectivity index (χ0) is 41.4. The highest BCUT2D eigenvalue weighted by atomic mass is 16.2. The quantitative estimate of drug-likeness (QED) is 0.180. The number of piperidine rings is 1. The lowest BCUT2D eigenvalue weighted by molar-refractivity contribution is -0.146. The second-order valence-corrected chi connectivity index (χ2v) is 20.2. The fourth-order valence-electron chi connectivity index (χ4n) is 11.4. The lowest BCUT2D eigenvalue weighted by atomic mass is 9.73. The van der Waals surface area contributed by atoms with E-state index in [1.807, 2.05) is 27.7 Å². The Hall–Kier alpha value is -3.02. The zero-order valence-corrected chi connectivity index (χ0v) is 36.3. The third-order valence-electron chi connectivity index (χ3n) is 14.9. The van der Waals surface area contributed by atoms with Gasteiger partial charge in [0.1, 0.15) is 18.1 Å². The van der Waals surface area contributed by atoms with Gasteiger partial charge < -0.3 is 26.2 Å². The second-order valence-electron chi connectivity index (χ2n) is 20.2. The van der Waals surface area contributed by atoms with Crippen molar-refractivity contribution in [2.45, 2.75) is 201 Å². The van der Waals surface area contributed by atoms with Gasteiger partial charge in [-0.05, 0) is 108 Å². The zero-order valence-electron chi connectivity index (χ0n) is 36.3. The molecule has 2 heterocycles. The van der Waals surface area contributed by atoms with E-state index in [1.165, 1.54) is 0 Å². The summed E-state index contributed by atoms with van der Waals surface area (Å²) in [5.41, 5.74) is -1.07. The fourth-order valence-corrected chi connectivity index (χ4v) is 11.4. The smallest absolute Gasteiger partial charge is 0.289 e. The first-order valence-corrected chi connectivity index (χ1v) is 22.0. The Morgan fingerprint density at radius 1 is 0.750 bits per heavy atom. The van der Waals surface area contributed by atoms with E-state index in [1.54, 1.807) is 18.7 Å². The van der Waals surface area contributed by atoms with E-state index >= 15 is 4.79 Å². The summed E-state index contributed by atoms with van der Waals surface area (Å²) in [4.78, 5) is 88.3. The van der Waals surface area contributed by atoms with E-state index in [-0.39, 0.29) is 58.0 Å². The maximum absolute atomic E-state index is 15.2. The molecule has 316 valence electrons. The summed E-state index contributed by atoms with van der Waals surface area (Å²) in [6.07, 6.45) is 12.0. The highest BCUT2D eigenvalue weighted by Crippen LogP contribution is 2.88. The van der Waals surface area contributed by atoms with Crippen molar-refractivity contribution in [2.24, 2.45) is 27.6 Å². The molecular weight excluding hydrogens is 709 g/mol. The predicted molar refractivity (Wildman–Crippen MR) is 217 cm³/mol. The van der Waals surface area contributed by atoms with E-state index in [0.717, 1.165) is 77.2 Å². The molecule has 2 aliphatic heterocycles. The maximum Gasteiger partial charge on any atom is 0.289 e. The average molecular weight is 783 g/mol. The molecule has 12 heteroatoms. The first-order chi connectivity index (χ1) is 26.2. The highest BCUT2D eigenvalue weighted by Gasteiger charge is 2.85. The average Bonchev–Trinajstić information content (AvgIpc) is 3.33. The molecule has 56 heavy (non-hydrogen) atoms. The summed E-state index contributed by atoms with van der Waals surface area (Å²) in [5, 5.41) is 12.0. The Balaban J connectivity index is 1.43. The molecule has 5 amide bonds. The molecule has 0 unspecified atom stereocenters. The number of hydrogen-bond donors (Lipinski definition) is 4. The standard InChI is InChI=1S/C44H74N6O6/c1-11-18-30(34(51)39(55)45-27(2)3)46-37(53)32-25-44(42(9,10)43(44)22-17-23-43)26-50(32)40(56)35(41(6,7)8)48-38(54)33(29-19-13-12-14-20-29)47-36(52)31-21-15-16-24-49(31)28(4)5/h27-33,35H,11-26H2,1-10H3,(H,45,55)(H,46,53)(H,47,52)(H,48,54)/t30-,31-,32-,33-,35+,44+/m0/s1. The van der Waals surface area contributed by atoms with Crippen LogP contribution < -0.4 is 21.3 Å². The van der Waals surface area contributed by atoms with Crippen molar-refractivity contribution in [2.75, 3.05) is 13.1 Å². The van der Waals surface area contributed by atoms with Crippen molar-refractivity contribution in [3.05, 3.63) is 0 Å². The SMILES string of the molecule is CCC[C@H](NC(=O)[C@@H]1C[C@@]2(CN1C(=O)[C@@H](NC(=O)[C@@H](NC(=O)[C@@H]1CCCCN1C(C)C)C1CCCCC1)C(C)(C)C)C(C)(C)C21CCC1)C(=O)C(=O)NC(C)C. The van der Waals surface area contributed by atoms with Gasteiger partial charge in [-0.1, -0.05) is 80.1 Å². The minimum atomic E-state index is -1.02. The third kappa shape index (κ3) is 8.28. The van der Waals surface area contributed by atoms with Gasteiger partial charge in [0.15, 0.2) is 0 Å². The van der Waals surface area contributed by atoms with Gasteiger partial charge in [0, 0.05) is 24.0 Å². The number of fused-ring (bicyclic) bond motifs is 1. The molecule has 0 aromatic rings. The van der Waals surface area contributed by atoms with Crippen LogP contribution in [0.25, 0.3) is 0 Å². The minimum Gasteiger partial charge on any atom is -0.347 e. The molecule has 0 aromatic carbocycles. The molecule has 5 fully saturated rings. The van der Waals surface area contributed by atoms with Gasteiger partial charge in [0.2, 0.25) is 29.4 Å². The van der Waals surface area contributed by atoms with Crippen LogP contribution >= 0.6 is 0 Å². The van der Waals surface area contributed by atoms with Crippen molar-refractivity contribution in [3.8, 4) is 0 Å². The first-order valence-electron chi connectivity index (χ1n) is 22.0. The van der Waals surface area contributed by atoms with Crippen LogP contribution in [-0.4, -0.2) is 101 Å². The summed E-state index contributed by atoms with van der Waals surface area (Å²) in [7, 11) is 0. The molecule has 0 aromatic heterocycles. The lowest BCUT2D eigenvalue weighted by Crippen LogP contribution is -2.63. The van der Waals surface area contributed by atoms with Gasteiger partial charge in [-0.25, -0.2) is 0 Å². The molecule has 6 atom stereocenters. The Kier molecular flexibility index (Phi) is 13.4. The van der Waals surface area contributed by atoms with Crippen LogP contribution in [-0.2, 0) is 28.8 Å². The monoisotopic (exact) mass is 783 g/mol. The van der Waals surface area contributed by atoms with Gasteiger partial charge in [-0.15, -0.1) is 0 Å². The molecule has 12 nitrogen and oxygen atoms in total. The molecule has 5 rings (SSSR count). The molecule has 0 bridgehead atoms. The van der Waals surface area contributed by atoms with Crippen LogP contribution in [0.15, 0.2) is 0 Å². The van der Waals surface area contributed by atoms with Gasteiger partial charge in [-0.3, -0.25) is 33.7 Å². The number of carbonyl (C=O) groups is 6. The van der Waals surface area contributed by atoms with Crippen LogP contribution in [0.3, 0.4) is 0 Å². The largest absolute Gasteiger partial charge is 0.347 e. The maximum atomic E-state index is 15.2. The predicted octanol–water partition coefficient (Wildman–Crippen LogP) is 5.02. The molecule has 2 saturated heterocycles. The number of hydrogen-bond acceptors (Lipinski definition) is 7. The van der Waals surface area contributed by atoms with Crippen LogP contribution in [0.4, 0.5) is 0 Å². The van der Waals surface area contributed by atoms with Crippen molar-refractivity contribution in [1.29, 1.82) is 0 Å². The summed E-state index contributed by atoms with van der Waals surface area (Å²) in [6.45, 7) is 21.2. The number of Topliss-reactive ketones (excluding diaryl/α,β-unsaturated/α-hetero) is 1. The number of rotatable bonds is 14. The van der Waals surface area contributed by atoms with Crippen LogP contribution in [0.5, 0.6) is 0 Å². The lowest BCUT2D eigenvalue weighted by Gasteiger charge is -2.40. The Morgan fingerprint density at radius 2 is 1.38 bits per heavy atom. The van der Waals surface area contributed by atoms with Gasteiger partial charge in [0.05, 0.1) is 12.1 Å². The summed E-state index contributed by atoms with van der Waals surface area (Å²) < 4.78 is 0. The van der Waals surface area contributed by atoms with Gasteiger partial charge >= 0.3 is 0 Å². The van der Waals surface area contributed by atoms with Crippen molar-refractivity contribution in [1.82, 2.24) is 31.1 Å². The molecule has 0 radical (unpaired) electrons. The van der Waals surface area contributed by atoms with E-state index in [4.69, 9.17) is 0 Å². The Bertz CT molecular complexity index is 1490. The molecule has 3 saturated carbocycles. The minimum absolute atomic E-state index is 0.0309. The van der Waals surface area contributed by atoms with E-state index in [0.29, 0.717) is 25.8 Å². The normalized spacial score (nSPS) is 27.7. The first kappa shape index (κ1) is 44.1. The number of likely N-dealkylation sites (tertiary alicyclic amines) is 2. The summed E-state index contributed by atoms with van der Waals surface area (Å²) in [6, 6.07) is -3.98. The van der Waals surface area contributed by atoms with E-state index < -0.39 is 47.2 Å². The molecule has 2 spiro atoms. The van der Waals surface area contributed by atoms with Crippen LogP contribution in [0.1, 0.15) is 159 Å². The number of carbonyl (C=O) groups excluding carboxylic acids is 6. The van der Waals surface area contributed by atoms with Gasteiger partial charge in [-0.2, -0.15) is 0 Å². The second kappa shape index (κ2) is 17.1. The van der Waals surface area contributed by atoms with Crippen LogP contribution in [0, 0.1) is 27.6 Å². The van der Waals surface area contributed by atoms with E-state index in [2.05, 4.69) is 53.9 Å². The number of ketones is 1. The highest BCUT2D eigenvalue weighted by molar-refractivity contribution is 6.38. The molecule has 4 N–H and O–H groups in total. The Labute approximate surface area is 336 Å². The third-order valence-corrected chi connectivity index (χ3v) is 14.9. The summed E-state index contributed by atoms with van der Waals surface area (Å²) >= 11 is 0. The van der Waals surface area contributed by atoms with E-state index in [9.17, 15) is 24.0 Å². The number of nitrogens with zero attached hydrogens (tertiary/aromatic N) is 2. The summed E-state index contributed by atoms with van der Waals surface area (Å²) in [5.74, 6) is -2.72. The number of amides is 5. The Morgan fingerprint density at radius 3 is 1.91 bits per heavy atom. The molecule has 5 aliphatic rings. The van der Waals surface area contributed by atoms with Crippen molar-refractivity contribution < 1.29 is 28.8 Å². The van der Waals surface area contributed by atoms with Gasteiger partial charge in [0.25, 0.3) is 5.91 Å². The van der Waals surface area contributed by atoms with Crippen molar-refractivity contribution in [3.63, 3.8) is 0 Å². The van der Waals surface area contributed by atoms with Crippen molar-refractivity contribution >= 4 is 35.3 Å². The molecular formula is C44H74N6O6. The molecule has 3 aliphatic carbocycles.